The van der Waals surface area contributed by atoms with Crippen LogP contribution in [0.2, 0.25) is 0 Å². The summed E-state index contributed by atoms with van der Waals surface area (Å²) in [5.41, 5.74) is 11.9. The number of pyridine rings is 2. The summed E-state index contributed by atoms with van der Waals surface area (Å²) in [5.74, 6) is 7.15. The lowest BCUT2D eigenvalue weighted by atomic mass is 10.0. The van der Waals surface area contributed by atoms with Gasteiger partial charge >= 0.3 is 0 Å². The summed E-state index contributed by atoms with van der Waals surface area (Å²) in [7, 11) is 1.78. The van der Waals surface area contributed by atoms with Crippen LogP contribution in [0.15, 0.2) is 73.1 Å². The van der Waals surface area contributed by atoms with Gasteiger partial charge in [0.25, 0.3) is 0 Å². The lowest BCUT2D eigenvalue weighted by molar-refractivity contribution is 0.0619. The third kappa shape index (κ3) is 6.15. The summed E-state index contributed by atoms with van der Waals surface area (Å²) in [6.07, 6.45) is 3.87. The van der Waals surface area contributed by atoms with Crippen LogP contribution in [0.4, 0.5) is 0 Å². The molecule has 0 bridgehead atoms. The van der Waals surface area contributed by atoms with Gasteiger partial charge in [-0.25, -0.2) is 10.8 Å². The molecule has 200 valence electrons. The zero-order chi connectivity index (χ0) is 27.1. The fraction of sp³-hybridized carbons (Fsp3) is 0.333. The van der Waals surface area contributed by atoms with Gasteiger partial charge in [0, 0.05) is 49.6 Å². The van der Waals surface area contributed by atoms with Crippen molar-refractivity contribution >= 4 is 33.5 Å². The number of ether oxygens (including phenoxy) is 2. The van der Waals surface area contributed by atoms with Crippen LogP contribution in [-0.2, 0) is 16.0 Å². The normalized spacial score (nSPS) is 14.5. The average molecular weight is 515 g/mol. The highest BCUT2D eigenvalue weighted by molar-refractivity contribution is 6.05. The molecule has 0 atom stereocenters. The van der Waals surface area contributed by atoms with Crippen LogP contribution in [0.1, 0.15) is 37.9 Å². The smallest absolute Gasteiger partial charge is 0.143 e. The minimum Gasteiger partial charge on any atom is -0.492 e. The molecule has 0 saturated carbocycles. The zero-order valence-corrected chi connectivity index (χ0v) is 22.6. The van der Waals surface area contributed by atoms with Crippen molar-refractivity contribution in [1.29, 1.82) is 0 Å². The monoisotopic (exact) mass is 514 g/mol. The van der Waals surface area contributed by atoms with E-state index in [1.54, 1.807) is 7.05 Å². The van der Waals surface area contributed by atoms with Gasteiger partial charge in [-0.1, -0.05) is 43.0 Å². The molecule has 1 aliphatic heterocycles. The van der Waals surface area contributed by atoms with E-state index in [9.17, 15) is 0 Å². The number of nitrogens with zero attached hydrogens (tertiary/aromatic N) is 4. The van der Waals surface area contributed by atoms with Gasteiger partial charge in [-0.2, -0.15) is 0 Å². The van der Waals surface area contributed by atoms with Gasteiger partial charge < -0.3 is 24.8 Å². The van der Waals surface area contributed by atoms with E-state index in [0.29, 0.717) is 24.0 Å². The molecule has 38 heavy (non-hydrogen) atoms. The minimum absolute atomic E-state index is 0.509. The topological polar surface area (TPSA) is 104 Å². The highest BCUT2D eigenvalue weighted by Crippen LogP contribution is 2.32. The van der Waals surface area contributed by atoms with Crippen LogP contribution < -0.4 is 11.6 Å². The van der Waals surface area contributed by atoms with Crippen LogP contribution in [0.5, 0.6) is 0 Å². The number of benzene rings is 1. The molecule has 1 fully saturated rings. The van der Waals surface area contributed by atoms with E-state index < -0.39 is 0 Å². The van der Waals surface area contributed by atoms with Gasteiger partial charge in [0.15, 0.2) is 0 Å². The molecule has 0 radical (unpaired) electrons. The molecule has 5 rings (SSSR count). The highest BCUT2D eigenvalue weighted by atomic mass is 16.5. The second-order valence-corrected chi connectivity index (χ2v) is 9.48. The van der Waals surface area contributed by atoms with Gasteiger partial charge in [-0.3, -0.25) is 4.98 Å². The van der Waals surface area contributed by atoms with Crippen molar-refractivity contribution < 1.29 is 9.47 Å². The summed E-state index contributed by atoms with van der Waals surface area (Å²) in [6.45, 7) is 10.8. The van der Waals surface area contributed by atoms with E-state index >= 15 is 0 Å². The molecule has 4 heterocycles. The number of hydrogen-bond donors (Lipinski definition) is 2. The fourth-order valence-electron chi connectivity index (χ4n) is 4.82. The van der Waals surface area contributed by atoms with Crippen LogP contribution in [0.25, 0.3) is 33.5 Å². The van der Waals surface area contributed by atoms with Crippen molar-refractivity contribution in [3.8, 4) is 0 Å². The molecule has 1 aromatic carbocycles. The van der Waals surface area contributed by atoms with E-state index in [2.05, 4.69) is 23.3 Å². The van der Waals surface area contributed by atoms with Gasteiger partial charge in [0.05, 0.1) is 23.3 Å². The summed E-state index contributed by atoms with van der Waals surface area (Å²) >= 11 is 0. The maximum atomic E-state index is 6.13. The lowest BCUT2D eigenvalue weighted by Crippen LogP contribution is -2.26. The van der Waals surface area contributed by atoms with Crippen LogP contribution in [0, 0.1) is 5.92 Å². The first-order valence-corrected chi connectivity index (χ1v) is 13.0. The molecule has 8 heteroatoms. The highest BCUT2D eigenvalue weighted by Gasteiger charge is 2.21. The Hall–Kier alpha value is -3.88. The molecule has 1 aliphatic rings. The Balaban J connectivity index is 0.000000494. The van der Waals surface area contributed by atoms with E-state index in [-0.39, 0.29) is 0 Å². The van der Waals surface area contributed by atoms with Crippen molar-refractivity contribution in [3.05, 3.63) is 84.3 Å². The molecular formula is C30H38N6O2. The number of rotatable bonds is 7. The summed E-state index contributed by atoms with van der Waals surface area (Å²) in [5, 5.41) is 2.54. The molecule has 1 saturated heterocycles. The first-order valence-electron chi connectivity index (χ1n) is 13.0. The van der Waals surface area contributed by atoms with Crippen molar-refractivity contribution in [1.82, 2.24) is 19.5 Å². The van der Waals surface area contributed by atoms with Crippen molar-refractivity contribution in [2.24, 2.45) is 17.5 Å². The van der Waals surface area contributed by atoms with E-state index in [4.69, 9.17) is 31.0 Å². The molecule has 0 amide bonds. The Labute approximate surface area is 224 Å². The maximum Gasteiger partial charge on any atom is 0.143 e. The predicted molar refractivity (Wildman–Crippen MR) is 154 cm³/mol. The summed E-state index contributed by atoms with van der Waals surface area (Å²) in [6, 6.07) is 18.1. The number of fused-ring (bicyclic) bond motifs is 3. The standard InChI is InChI=1S/C24H32N6O2.C6H6/c1-5-32-16(3)20-7-6-19-22-21(12-18(13-27-22)23(15(2)25)29(4)26)30(24(19)28-20)14-17-8-10-31-11-9-17;1-2-4-6-5-3-1/h6-7,12-13,17H,3,5,8-11,14,25-26H2,1-2,4H3;1-6H/b23-15-;. The second kappa shape index (κ2) is 12.6. The number of hydrogen-bond acceptors (Lipinski definition) is 7. The Morgan fingerprint density at radius 3 is 2.39 bits per heavy atom. The first kappa shape index (κ1) is 27.2. The van der Waals surface area contributed by atoms with Crippen molar-refractivity contribution in [3.63, 3.8) is 0 Å². The Morgan fingerprint density at radius 2 is 1.82 bits per heavy atom. The summed E-state index contributed by atoms with van der Waals surface area (Å²) < 4.78 is 13.4. The quantitative estimate of drug-likeness (QED) is 0.199. The fourth-order valence-corrected chi connectivity index (χ4v) is 4.82. The third-order valence-corrected chi connectivity index (χ3v) is 6.60. The molecule has 4 aromatic rings. The van der Waals surface area contributed by atoms with E-state index in [1.807, 2.05) is 62.5 Å². The van der Waals surface area contributed by atoms with Gasteiger partial charge in [-0.05, 0) is 50.8 Å². The SMILES string of the molecule is C=C(OCC)c1ccc2c3ncc(/C(=C(\C)N)N(C)N)cc3n(CC3CCOCC3)c2n1.c1ccccc1. The van der Waals surface area contributed by atoms with Crippen LogP contribution in [0.3, 0.4) is 0 Å². The van der Waals surface area contributed by atoms with Crippen LogP contribution >= 0.6 is 0 Å². The third-order valence-electron chi connectivity index (χ3n) is 6.60. The first-order chi connectivity index (χ1) is 18.4. The molecule has 4 N–H and O–H groups in total. The van der Waals surface area contributed by atoms with Gasteiger partial charge in [0.2, 0.25) is 0 Å². The predicted octanol–water partition coefficient (Wildman–Crippen LogP) is 5.16. The van der Waals surface area contributed by atoms with Crippen molar-refractivity contribution in [2.75, 3.05) is 26.9 Å². The number of nitrogens with two attached hydrogens (primary N) is 2. The minimum atomic E-state index is 0.509. The number of hydrazine groups is 1. The summed E-state index contributed by atoms with van der Waals surface area (Å²) in [4.78, 5) is 9.74. The molecule has 3 aromatic heterocycles. The average Bonchev–Trinajstić information content (AvgIpc) is 3.22. The maximum absolute atomic E-state index is 6.13. The largest absolute Gasteiger partial charge is 0.492 e. The molecule has 0 aliphatic carbocycles. The Kier molecular flexibility index (Phi) is 8.99. The van der Waals surface area contributed by atoms with Gasteiger partial charge in [-0.15, -0.1) is 0 Å². The zero-order valence-electron chi connectivity index (χ0n) is 22.6. The van der Waals surface area contributed by atoms with Gasteiger partial charge in [0.1, 0.15) is 17.1 Å². The Morgan fingerprint density at radius 1 is 1.16 bits per heavy atom. The Bertz CT molecular complexity index is 1370. The van der Waals surface area contributed by atoms with Crippen molar-refractivity contribution in [2.45, 2.75) is 33.2 Å². The van der Waals surface area contributed by atoms with E-state index in [0.717, 1.165) is 71.6 Å². The van der Waals surface area contributed by atoms with Crippen LogP contribution in [-0.4, -0.2) is 46.4 Å². The van der Waals surface area contributed by atoms with E-state index in [1.165, 1.54) is 5.01 Å². The molecular weight excluding hydrogens is 476 g/mol. The lowest BCUT2D eigenvalue weighted by Gasteiger charge is -2.23. The molecule has 8 nitrogen and oxygen atoms in total. The second-order valence-electron chi connectivity index (χ2n) is 9.48. The molecule has 0 spiro atoms. The number of allylic oxidation sites excluding steroid dienone is 1. The number of aromatic nitrogens is 3. The molecule has 0 unspecified atom stereocenters.